The fourth-order valence-electron chi connectivity index (χ4n) is 2.18. The standard InChI is InChI=1S/C16H15N3O2/c1-10-9-12(3-4-14(10)19-11(2)20)21-15-6-8-18-16-13(15)5-7-17-16/h3-9H,1-2H3,(H,17,18)(H,19,20). The van der Waals surface area contributed by atoms with Gasteiger partial charge in [0.25, 0.3) is 0 Å². The summed E-state index contributed by atoms with van der Waals surface area (Å²) in [6, 6.07) is 9.31. The van der Waals surface area contributed by atoms with Crippen LogP contribution in [-0.2, 0) is 4.79 Å². The second kappa shape index (κ2) is 5.28. The van der Waals surface area contributed by atoms with Crippen LogP contribution < -0.4 is 10.1 Å². The topological polar surface area (TPSA) is 67.0 Å². The van der Waals surface area contributed by atoms with Crippen LogP contribution in [-0.4, -0.2) is 15.9 Å². The molecular formula is C16H15N3O2. The Balaban J connectivity index is 1.90. The van der Waals surface area contributed by atoms with Crippen molar-refractivity contribution in [3.05, 3.63) is 48.3 Å². The van der Waals surface area contributed by atoms with Crippen LogP contribution in [0.4, 0.5) is 5.69 Å². The molecule has 0 unspecified atom stereocenters. The van der Waals surface area contributed by atoms with Gasteiger partial charge in [0.05, 0.1) is 5.39 Å². The summed E-state index contributed by atoms with van der Waals surface area (Å²) in [5.41, 5.74) is 2.53. The lowest BCUT2D eigenvalue weighted by atomic mass is 10.2. The minimum atomic E-state index is -0.0880. The molecular weight excluding hydrogens is 266 g/mol. The Labute approximate surface area is 122 Å². The number of hydrogen-bond acceptors (Lipinski definition) is 3. The molecule has 0 atom stereocenters. The lowest BCUT2D eigenvalue weighted by molar-refractivity contribution is -0.114. The van der Waals surface area contributed by atoms with Gasteiger partial charge in [0.1, 0.15) is 17.1 Å². The summed E-state index contributed by atoms with van der Waals surface area (Å²) in [6.07, 6.45) is 3.53. The van der Waals surface area contributed by atoms with Crippen molar-refractivity contribution in [2.75, 3.05) is 5.32 Å². The molecule has 1 amide bonds. The molecule has 0 fully saturated rings. The number of carbonyl (C=O) groups is 1. The Morgan fingerprint density at radius 1 is 1.29 bits per heavy atom. The van der Waals surface area contributed by atoms with Gasteiger partial charge in [0, 0.05) is 25.0 Å². The number of aryl methyl sites for hydroxylation is 1. The van der Waals surface area contributed by atoms with E-state index >= 15 is 0 Å². The van der Waals surface area contributed by atoms with Crippen molar-refractivity contribution >= 4 is 22.6 Å². The minimum Gasteiger partial charge on any atom is -0.457 e. The highest BCUT2D eigenvalue weighted by Crippen LogP contribution is 2.30. The Bertz CT molecular complexity index is 808. The van der Waals surface area contributed by atoms with Gasteiger partial charge in [-0.15, -0.1) is 0 Å². The van der Waals surface area contributed by atoms with Crippen LogP contribution in [0, 0.1) is 6.92 Å². The van der Waals surface area contributed by atoms with Gasteiger partial charge in [-0.2, -0.15) is 0 Å². The van der Waals surface area contributed by atoms with E-state index < -0.39 is 0 Å². The first kappa shape index (κ1) is 13.2. The van der Waals surface area contributed by atoms with Gasteiger partial charge in [-0.3, -0.25) is 4.79 Å². The summed E-state index contributed by atoms with van der Waals surface area (Å²) >= 11 is 0. The van der Waals surface area contributed by atoms with Crippen LogP contribution in [0.5, 0.6) is 11.5 Å². The zero-order chi connectivity index (χ0) is 14.8. The average Bonchev–Trinajstić information content (AvgIpc) is 2.91. The van der Waals surface area contributed by atoms with E-state index in [4.69, 9.17) is 4.74 Å². The van der Waals surface area contributed by atoms with Gasteiger partial charge < -0.3 is 15.0 Å². The number of aromatic amines is 1. The quantitative estimate of drug-likeness (QED) is 0.770. The first-order valence-corrected chi connectivity index (χ1v) is 6.61. The molecule has 0 aliphatic rings. The number of carbonyl (C=O) groups excluding carboxylic acids is 1. The van der Waals surface area contributed by atoms with Crippen molar-refractivity contribution in [3.63, 3.8) is 0 Å². The number of aromatic nitrogens is 2. The molecule has 21 heavy (non-hydrogen) atoms. The first-order chi connectivity index (χ1) is 10.1. The van der Waals surface area contributed by atoms with E-state index in [0.717, 1.165) is 33.8 Å². The SMILES string of the molecule is CC(=O)Nc1ccc(Oc2ccnc3[nH]ccc23)cc1C. The summed E-state index contributed by atoms with van der Waals surface area (Å²) in [5, 5.41) is 3.71. The molecule has 2 aromatic heterocycles. The number of nitrogens with one attached hydrogen (secondary N) is 2. The molecule has 2 heterocycles. The molecule has 0 saturated heterocycles. The minimum absolute atomic E-state index is 0.0880. The largest absolute Gasteiger partial charge is 0.457 e. The van der Waals surface area contributed by atoms with Crippen LogP contribution in [0.1, 0.15) is 12.5 Å². The second-order valence-electron chi connectivity index (χ2n) is 4.81. The maximum absolute atomic E-state index is 11.1. The highest BCUT2D eigenvalue weighted by atomic mass is 16.5. The van der Waals surface area contributed by atoms with Crippen LogP contribution in [0.15, 0.2) is 42.7 Å². The summed E-state index contributed by atoms with van der Waals surface area (Å²) in [7, 11) is 0. The second-order valence-corrected chi connectivity index (χ2v) is 4.81. The van der Waals surface area contributed by atoms with Gasteiger partial charge in [-0.05, 0) is 42.8 Å². The molecule has 0 saturated carbocycles. The number of rotatable bonds is 3. The molecule has 5 nitrogen and oxygen atoms in total. The van der Waals surface area contributed by atoms with Crippen molar-refractivity contribution in [3.8, 4) is 11.5 Å². The van der Waals surface area contributed by atoms with Gasteiger partial charge >= 0.3 is 0 Å². The predicted octanol–water partition coefficient (Wildman–Crippen LogP) is 3.62. The summed E-state index contributed by atoms with van der Waals surface area (Å²) in [5.74, 6) is 1.37. The molecule has 3 rings (SSSR count). The first-order valence-electron chi connectivity index (χ1n) is 6.61. The number of ether oxygens (including phenoxy) is 1. The fourth-order valence-corrected chi connectivity index (χ4v) is 2.18. The highest BCUT2D eigenvalue weighted by Gasteiger charge is 2.07. The number of benzene rings is 1. The number of hydrogen-bond donors (Lipinski definition) is 2. The van der Waals surface area contributed by atoms with Crippen molar-refractivity contribution < 1.29 is 9.53 Å². The predicted molar refractivity (Wildman–Crippen MR) is 81.7 cm³/mol. The maximum Gasteiger partial charge on any atom is 0.221 e. The number of nitrogens with zero attached hydrogens (tertiary/aromatic N) is 1. The Morgan fingerprint density at radius 3 is 2.90 bits per heavy atom. The third-order valence-corrected chi connectivity index (χ3v) is 3.16. The van der Waals surface area contributed by atoms with Gasteiger partial charge in [0.15, 0.2) is 0 Å². The number of fused-ring (bicyclic) bond motifs is 1. The molecule has 1 aromatic carbocycles. The van der Waals surface area contributed by atoms with E-state index in [1.807, 2.05) is 43.5 Å². The van der Waals surface area contributed by atoms with E-state index in [0.29, 0.717) is 0 Å². The van der Waals surface area contributed by atoms with Crippen LogP contribution in [0.2, 0.25) is 0 Å². The third kappa shape index (κ3) is 2.72. The van der Waals surface area contributed by atoms with E-state index in [1.54, 1.807) is 6.20 Å². The van der Waals surface area contributed by atoms with Crippen LogP contribution in [0.3, 0.4) is 0 Å². The van der Waals surface area contributed by atoms with E-state index in [1.165, 1.54) is 6.92 Å². The third-order valence-electron chi connectivity index (χ3n) is 3.16. The van der Waals surface area contributed by atoms with Crippen molar-refractivity contribution in [2.45, 2.75) is 13.8 Å². The van der Waals surface area contributed by atoms with Crippen molar-refractivity contribution in [1.29, 1.82) is 0 Å². The normalized spacial score (nSPS) is 10.6. The fraction of sp³-hybridized carbons (Fsp3) is 0.125. The molecule has 0 bridgehead atoms. The van der Waals surface area contributed by atoms with Gasteiger partial charge in [-0.25, -0.2) is 4.98 Å². The Morgan fingerprint density at radius 2 is 2.14 bits per heavy atom. The number of amides is 1. The van der Waals surface area contributed by atoms with Gasteiger partial charge in [0.2, 0.25) is 5.91 Å². The molecule has 0 spiro atoms. The average molecular weight is 281 g/mol. The Hall–Kier alpha value is -2.82. The summed E-state index contributed by atoms with van der Waals surface area (Å²) < 4.78 is 5.92. The van der Waals surface area contributed by atoms with Crippen LogP contribution in [0.25, 0.3) is 11.0 Å². The van der Waals surface area contributed by atoms with E-state index in [2.05, 4.69) is 15.3 Å². The monoisotopic (exact) mass is 281 g/mol. The molecule has 106 valence electrons. The molecule has 2 N–H and O–H groups in total. The molecule has 0 aliphatic heterocycles. The molecule has 5 heteroatoms. The highest BCUT2D eigenvalue weighted by molar-refractivity contribution is 5.89. The number of H-pyrrole nitrogens is 1. The lowest BCUT2D eigenvalue weighted by Crippen LogP contribution is -2.06. The summed E-state index contributed by atoms with van der Waals surface area (Å²) in [6.45, 7) is 3.42. The number of pyridine rings is 1. The van der Waals surface area contributed by atoms with Gasteiger partial charge in [-0.1, -0.05) is 0 Å². The molecule has 3 aromatic rings. The summed E-state index contributed by atoms with van der Waals surface area (Å²) in [4.78, 5) is 18.4. The van der Waals surface area contributed by atoms with E-state index in [-0.39, 0.29) is 5.91 Å². The lowest BCUT2D eigenvalue weighted by Gasteiger charge is -2.10. The maximum atomic E-state index is 11.1. The molecule has 0 radical (unpaired) electrons. The zero-order valence-corrected chi connectivity index (χ0v) is 11.8. The smallest absolute Gasteiger partial charge is 0.221 e. The Kier molecular flexibility index (Phi) is 3.31. The van der Waals surface area contributed by atoms with Crippen LogP contribution >= 0.6 is 0 Å². The van der Waals surface area contributed by atoms with Crippen molar-refractivity contribution in [1.82, 2.24) is 9.97 Å². The number of anilines is 1. The zero-order valence-electron chi connectivity index (χ0n) is 11.8. The van der Waals surface area contributed by atoms with E-state index in [9.17, 15) is 4.79 Å². The van der Waals surface area contributed by atoms with Crippen molar-refractivity contribution in [2.24, 2.45) is 0 Å². The molecule has 0 aliphatic carbocycles.